The summed E-state index contributed by atoms with van der Waals surface area (Å²) in [5.74, 6) is 6.37. The maximum atomic E-state index is 12.9. The molecule has 2 aliphatic heterocycles. The van der Waals surface area contributed by atoms with E-state index >= 15 is 0 Å². The number of hydrogen-bond donors (Lipinski definition) is 1. The molecule has 1 N–H and O–H groups in total. The van der Waals surface area contributed by atoms with E-state index in [1.165, 1.54) is 7.11 Å². The Morgan fingerprint density at radius 1 is 1.29 bits per heavy atom. The topological polar surface area (TPSA) is 96.0 Å². The van der Waals surface area contributed by atoms with Gasteiger partial charge in [0.05, 0.1) is 7.11 Å². The zero-order valence-corrected chi connectivity index (χ0v) is 19.8. The van der Waals surface area contributed by atoms with Crippen molar-refractivity contribution in [2.75, 3.05) is 20.2 Å². The lowest BCUT2D eigenvalue weighted by atomic mass is 9.58. The molecule has 3 aliphatic rings. The summed E-state index contributed by atoms with van der Waals surface area (Å²) in [6, 6.07) is 4.91. The highest BCUT2D eigenvalue weighted by atomic mass is 16.5. The molecule has 1 saturated carbocycles. The molecule has 1 aliphatic carbocycles. The number of fused-ring (bicyclic) bond motifs is 1. The number of carbonyl (C=O) groups excluding carboxylic acids is 4. The van der Waals surface area contributed by atoms with Crippen molar-refractivity contribution in [3.8, 4) is 11.8 Å². The Morgan fingerprint density at radius 3 is 2.68 bits per heavy atom. The third-order valence-electron chi connectivity index (χ3n) is 7.42. The lowest BCUT2D eigenvalue weighted by Crippen LogP contribution is -2.48. The number of likely N-dealkylation sites (tertiary alicyclic amines) is 1. The first-order valence-corrected chi connectivity index (χ1v) is 11.9. The van der Waals surface area contributed by atoms with E-state index in [2.05, 4.69) is 17.2 Å². The van der Waals surface area contributed by atoms with Gasteiger partial charge in [-0.2, -0.15) is 0 Å². The third kappa shape index (κ3) is 4.65. The van der Waals surface area contributed by atoms with Crippen molar-refractivity contribution in [2.45, 2.75) is 58.0 Å². The number of benzene rings is 1. The van der Waals surface area contributed by atoms with Crippen molar-refractivity contribution in [1.29, 1.82) is 0 Å². The zero-order valence-electron chi connectivity index (χ0n) is 19.8. The Kier molecular flexibility index (Phi) is 6.92. The van der Waals surface area contributed by atoms with Gasteiger partial charge in [-0.3, -0.25) is 19.7 Å². The lowest BCUT2D eigenvalue weighted by Gasteiger charge is -2.50. The SMILES string of the molecule is CCCC(C(=O)NC=O)N1Cc2cc(C#CC3CC4(CCN(C(=O)OC)CC4)C3)ccc2C1=O. The van der Waals surface area contributed by atoms with Crippen LogP contribution in [0.15, 0.2) is 18.2 Å². The molecule has 4 amide bonds. The number of nitrogens with zero attached hydrogens (tertiary/aromatic N) is 2. The van der Waals surface area contributed by atoms with E-state index in [0.29, 0.717) is 36.3 Å². The Labute approximate surface area is 200 Å². The number of methoxy groups -OCH3 is 1. The van der Waals surface area contributed by atoms with Crippen LogP contribution in [0.25, 0.3) is 0 Å². The van der Waals surface area contributed by atoms with Crippen LogP contribution < -0.4 is 5.32 Å². The third-order valence-corrected chi connectivity index (χ3v) is 7.42. The number of nitrogens with one attached hydrogen (secondary N) is 1. The van der Waals surface area contributed by atoms with Gasteiger partial charge in [0.15, 0.2) is 0 Å². The summed E-state index contributed by atoms with van der Waals surface area (Å²) in [7, 11) is 1.42. The lowest BCUT2D eigenvalue weighted by molar-refractivity contribution is -0.129. The molecule has 0 radical (unpaired) electrons. The molecule has 8 heteroatoms. The molecule has 1 aromatic carbocycles. The second kappa shape index (κ2) is 9.88. The van der Waals surface area contributed by atoms with E-state index in [1.54, 1.807) is 15.9 Å². The van der Waals surface area contributed by atoms with E-state index < -0.39 is 11.9 Å². The Hall–Kier alpha value is -3.34. The molecule has 1 atom stereocenters. The molecule has 1 aromatic rings. The van der Waals surface area contributed by atoms with Crippen LogP contribution in [0.2, 0.25) is 0 Å². The van der Waals surface area contributed by atoms with Crippen molar-refractivity contribution in [2.24, 2.45) is 11.3 Å². The first-order valence-electron chi connectivity index (χ1n) is 11.9. The fraction of sp³-hybridized carbons (Fsp3) is 0.538. The van der Waals surface area contributed by atoms with Crippen LogP contribution in [-0.2, 0) is 20.9 Å². The number of hydrogen-bond acceptors (Lipinski definition) is 5. The Morgan fingerprint density at radius 2 is 2.03 bits per heavy atom. The molecule has 34 heavy (non-hydrogen) atoms. The number of imide groups is 1. The molecule has 8 nitrogen and oxygen atoms in total. The van der Waals surface area contributed by atoms with Gasteiger partial charge in [-0.05, 0) is 61.3 Å². The second-order valence-electron chi connectivity index (χ2n) is 9.57. The van der Waals surface area contributed by atoms with Crippen molar-refractivity contribution in [3.63, 3.8) is 0 Å². The molecule has 1 unspecified atom stereocenters. The van der Waals surface area contributed by atoms with Crippen LogP contribution in [0.4, 0.5) is 4.79 Å². The van der Waals surface area contributed by atoms with Gasteiger partial charge >= 0.3 is 6.09 Å². The fourth-order valence-electron chi connectivity index (χ4n) is 5.50. The number of rotatable bonds is 5. The van der Waals surface area contributed by atoms with E-state index in [1.807, 2.05) is 19.1 Å². The summed E-state index contributed by atoms with van der Waals surface area (Å²) in [5.41, 5.74) is 2.60. The number of ether oxygens (including phenoxy) is 1. The van der Waals surface area contributed by atoms with Gasteiger partial charge in [-0.1, -0.05) is 25.2 Å². The first kappa shape index (κ1) is 23.8. The molecule has 4 rings (SSSR count). The molecular weight excluding hydrogens is 434 g/mol. The maximum absolute atomic E-state index is 12.9. The minimum absolute atomic E-state index is 0.187. The molecule has 1 saturated heterocycles. The van der Waals surface area contributed by atoms with E-state index in [9.17, 15) is 19.2 Å². The van der Waals surface area contributed by atoms with Crippen LogP contribution >= 0.6 is 0 Å². The maximum Gasteiger partial charge on any atom is 0.409 e. The smallest absolute Gasteiger partial charge is 0.409 e. The molecule has 0 bridgehead atoms. The van der Waals surface area contributed by atoms with Crippen LogP contribution in [0.1, 0.15) is 66.9 Å². The zero-order chi connectivity index (χ0) is 24.3. The predicted molar refractivity (Wildman–Crippen MR) is 124 cm³/mol. The van der Waals surface area contributed by atoms with E-state index in [-0.39, 0.29) is 12.0 Å². The summed E-state index contributed by atoms with van der Waals surface area (Å²) in [4.78, 5) is 50.9. The molecule has 1 spiro atoms. The Bertz CT molecular complexity index is 1040. The van der Waals surface area contributed by atoms with Gasteiger partial charge in [-0.15, -0.1) is 0 Å². The van der Waals surface area contributed by atoms with Gasteiger partial charge in [-0.25, -0.2) is 4.79 Å². The monoisotopic (exact) mass is 465 g/mol. The summed E-state index contributed by atoms with van der Waals surface area (Å²) in [5, 5.41) is 2.19. The minimum atomic E-state index is -0.665. The van der Waals surface area contributed by atoms with Crippen LogP contribution in [0, 0.1) is 23.2 Å². The standard InChI is InChI=1S/C26H31N3O5/c1-3-4-22(23(31)27-17-30)29-16-20-13-18(7-8-21(20)24(29)32)5-6-19-14-26(15-19)9-11-28(12-10-26)25(33)34-2/h7-8,13,17,19,22H,3-4,9-12,14-16H2,1-2H3,(H,27,30,31). The first-order chi connectivity index (χ1) is 16.4. The normalized spacial score (nSPS) is 19.5. The second-order valence-corrected chi connectivity index (χ2v) is 9.57. The molecule has 0 aromatic heterocycles. The minimum Gasteiger partial charge on any atom is -0.453 e. The average molecular weight is 466 g/mol. The van der Waals surface area contributed by atoms with Crippen LogP contribution in [0.3, 0.4) is 0 Å². The highest BCUT2D eigenvalue weighted by Gasteiger charge is 2.46. The van der Waals surface area contributed by atoms with Gasteiger partial charge in [0.2, 0.25) is 12.3 Å². The quantitative estimate of drug-likeness (QED) is 0.533. The Balaban J connectivity index is 1.37. The molecule has 2 fully saturated rings. The highest BCUT2D eigenvalue weighted by Crippen LogP contribution is 2.52. The molecular formula is C26H31N3O5. The van der Waals surface area contributed by atoms with Crippen LogP contribution in [0.5, 0.6) is 0 Å². The summed E-state index contributed by atoms with van der Waals surface area (Å²) in [6.45, 7) is 3.76. The van der Waals surface area contributed by atoms with Crippen molar-refractivity contribution >= 4 is 24.3 Å². The number of amides is 4. The summed E-state index contributed by atoms with van der Waals surface area (Å²) in [6.07, 6.45) is 5.42. The van der Waals surface area contributed by atoms with Crippen molar-refractivity contribution < 1.29 is 23.9 Å². The highest BCUT2D eigenvalue weighted by molar-refractivity contribution is 6.02. The van der Waals surface area contributed by atoms with E-state index in [0.717, 1.165) is 56.3 Å². The largest absolute Gasteiger partial charge is 0.453 e. The van der Waals surface area contributed by atoms with Crippen molar-refractivity contribution in [3.05, 3.63) is 34.9 Å². The number of carbonyl (C=O) groups is 4. The molecule has 2 heterocycles. The predicted octanol–water partition coefficient (Wildman–Crippen LogP) is 2.69. The van der Waals surface area contributed by atoms with Gasteiger partial charge in [0.1, 0.15) is 6.04 Å². The van der Waals surface area contributed by atoms with Crippen LogP contribution in [-0.4, -0.2) is 60.4 Å². The van der Waals surface area contributed by atoms with Gasteiger partial charge in [0.25, 0.3) is 5.91 Å². The van der Waals surface area contributed by atoms with Crippen molar-refractivity contribution in [1.82, 2.24) is 15.1 Å². The molecule has 180 valence electrons. The summed E-state index contributed by atoms with van der Waals surface area (Å²) < 4.78 is 4.82. The van der Waals surface area contributed by atoms with Gasteiger partial charge < -0.3 is 14.5 Å². The number of piperidine rings is 1. The van der Waals surface area contributed by atoms with E-state index in [4.69, 9.17) is 4.74 Å². The van der Waals surface area contributed by atoms with Gasteiger partial charge in [0, 0.05) is 36.7 Å². The summed E-state index contributed by atoms with van der Waals surface area (Å²) >= 11 is 0. The fourth-order valence-corrected chi connectivity index (χ4v) is 5.50. The average Bonchev–Trinajstić information content (AvgIpc) is 3.15.